The first-order valence-corrected chi connectivity index (χ1v) is 8.90. The van der Waals surface area contributed by atoms with E-state index < -0.39 is 0 Å². The molecule has 2 amide bonds. The summed E-state index contributed by atoms with van der Waals surface area (Å²) in [5.74, 6) is 0.611. The third kappa shape index (κ3) is 3.51. The zero-order valence-corrected chi connectivity index (χ0v) is 14.3. The molecule has 0 bridgehead atoms. The van der Waals surface area contributed by atoms with Crippen molar-refractivity contribution in [3.8, 4) is 0 Å². The van der Waals surface area contributed by atoms with Crippen LogP contribution in [-0.4, -0.2) is 39.8 Å². The fourth-order valence-electron chi connectivity index (χ4n) is 2.81. The van der Waals surface area contributed by atoms with Gasteiger partial charge in [0, 0.05) is 43.4 Å². The van der Waals surface area contributed by atoms with Gasteiger partial charge in [-0.1, -0.05) is 0 Å². The molecular formula is C18H16N4O2S. The molecular weight excluding hydrogens is 336 g/mol. The van der Waals surface area contributed by atoms with Crippen LogP contribution in [0, 0.1) is 0 Å². The summed E-state index contributed by atoms with van der Waals surface area (Å²) in [7, 11) is 0. The number of nitrogens with zero attached hydrogens (tertiary/aromatic N) is 3. The van der Waals surface area contributed by atoms with Crippen molar-refractivity contribution in [2.45, 2.75) is 12.8 Å². The summed E-state index contributed by atoms with van der Waals surface area (Å²) in [6, 6.07) is 1.97. The summed E-state index contributed by atoms with van der Waals surface area (Å²) in [4.78, 5) is 33.8. The van der Waals surface area contributed by atoms with Crippen LogP contribution in [0.3, 0.4) is 0 Å². The molecule has 0 aromatic carbocycles. The molecule has 0 atom stereocenters. The third-order valence-electron chi connectivity index (χ3n) is 4.16. The second-order valence-electron chi connectivity index (χ2n) is 6.03. The molecule has 0 unspecified atom stereocenters. The molecule has 2 aromatic rings. The number of fused-ring (bicyclic) bond motifs is 1. The molecule has 4 heterocycles. The number of thiazole rings is 1. The molecule has 1 fully saturated rings. The van der Waals surface area contributed by atoms with Crippen molar-refractivity contribution in [3.63, 3.8) is 0 Å². The van der Waals surface area contributed by atoms with E-state index >= 15 is 0 Å². The van der Waals surface area contributed by atoms with Crippen molar-refractivity contribution >= 4 is 41.1 Å². The van der Waals surface area contributed by atoms with Crippen molar-refractivity contribution < 1.29 is 9.59 Å². The number of anilines is 1. The highest BCUT2D eigenvalue weighted by molar-refractivity contribution is 7.10. The summed E-state index contributed by atoms with van der Waals surface area (Å²) in [6.45, 7) is 1.30. The summed E-state index contributed by atoms with van der Waals surface area (Å²) in [6.07, 6.45) is 9.99. The Kier molecular flexibility index (Phi) is 4.15. The molecule has 0 saturated carbocycles. The quantitative estimate of drug-likeness (QED) is 0.861. The van der Waals surface area contributed by atoms with Crippen LogP contribution < -0.4 is 5.32 Å². The SMILES string of the molecule is O=C1CCc2cc(C=CC(=O)N3CC(=Cc4nccs4)C3)cnc2N1. The van der Waals surface area contributed by atoms with Gasteiger partial charge in [0.1, 0.15) is 10.8 Å². The van der Waals surface area contributed by atoms with Crippen molar-refractivity contribution in [2.75, 3.05) is 18.4 Å². The maximum atomic E-state index is 12.2. The van der Waals surface area contributed by atoms with E-state index in [-0.39, 0.29) is 11.8 Å². The van der Waals surface area contributed by atoms with Crippen LogP contribution in [0.1, 0.15) is 22.6 Å². The molecule has 0 radical (unpaired) electrons. The number of nitrogens with one attached hydrogen (secondary N) is 1. The minimum absolute atomic E-state index is 0.00198. The van der Waals surface area contributed by atoms with Gasteiger partial charge in [0.2, 0.25) is 11.8 Å². The number of amides is 2. The highest BCUT2D eigenvalue weighted by Gasteiger charge is 2.23. The maximum Gasteiger partial charge on any atom is 0.247 e. The monoisotopic (exact) mass is 352 g/mol. The number of carbonyl (C=O) groups excluding carboxylic acids is 2. The molecule has 2 aliphatic heterocycles. The van der Waals surface area contributed by atoms with Crippen molar-refractivity contribution in [1.82, 2.24) is 14.9 Å². The average molecular weight is 352 g/mol. The molecule has 4 rings (SSSR count). The van der Waals surface area contributed by atoms with E-state index in [2.05, 4.69) is 15.3 Å². The number of hydrogen-bond donors (Lipinski definition) is 1. The number of pyridine rings is 1. The Bertz CT molecular complexity index is 878. The van der Waals surface area contributed by atoms with Crippen LogP contribution in [0.15, 0.2) is 35.5 Å². The topological polar surface area (TPSA) is 75.2 Å². The lowest BCUT2D eigenvalue weighted by Gasteiger charge is -2.33. The van der Waals surface area contributed by atoms with E-state index in [1.807, 2.05) is 17.5 Å². The Morgan fingerprint density at radius 1 is 1.28 bits per heavy atom. The van der Waals surface area contributed by atoms with Gasteiger partial charge >= 0.3 is 0 Å². The number of hydrogen-bond acceptors (Lipinski definition) is 5. The molecule has 25 heavy (non-hydrogen) atoms. The fourth-order valence-corrected chi connectivity index (χ4v) is 3.43. The first-order valence-electron chi connectivity index (χ1n) is 8.02. The molecule has 7 heteroatoms. The number of aryl methyl sites for hydroxylation is 1. The van der Waals surface area contributed by atoms with Gasteiger partial charge in [-0.25, -0.2) is 9.97 Å². The van der Waals surface area contributed by atoms with Gasteiger partial charge < -0.3 is 10.2 Å². The molecule has 6 nitrogen and oxygen atoms in total. The molecule has 0 aliphatic carbocycles. The van der Waals surface area contributed by atoms with Crippen LogP contribution in [-0.2, 0) is 16.0 Å². The molecule has 2 aromatic heterocycles. The van der Waals surface area contributed by atoms with E-state index in [1.54, 1.807) is 40.8 Å². The van der Waals surface area contributed by atoms with E-state index in [0.29, 0.717) is 31.7 Å². The van der Waals surface area contributed by atoms with Crippen LogP contribution in [0.25, 0.3) is 12.2 Å². The summed E-state index contributed by atoms with van der Waals surface area (Å²) < 4.78 is 0. The highest BCUT2D eigenvalue weighted by Crippen LogP contribution is 2.22. The second kappa shape index (κ2) is 6.60. The smallest absolute Gasteiger partial charge is 0.247 e. The Balaban J connectivity index is 1.36. The van der Waals surface area contributed by atoms with E-state index in [9.17, 15) is 9.59 Å². The Morgan fingerprint density at radius 2 is 2.16 bits per heavy atom. The molecule has 1 N–H and O–H groups in total. The van der Waals surface area contributed by atoms with Crippen LogP contribution >= 0.6 is 11.3 Å². The summed E-state index contributed by atoms with van der Waals surface area (Å²) in [5.41, 5.74) is 3.08. The minimum Gasteiger partial charge on any atom is -0.331 e. The van der Waals surface area contributed by atoms with E-state index in [1.165, 1.54) is 5.57 Å². The van der Waals surface area contributed by atoms with Gasteiger partial charge in [0.15, 0.2) is 0 Å². The van der Waals surface area contributed by atoms with Crippen molar-refractivity contribution in [1.29, 1.82) is 0 Å². The Hall–Kier alpha value is -2.80. The maximum absolute atomic E-state index is 12.2. The zero-order valence-electron chi connectivity index (χ0n) is 13.4. The fraction of sp³-hybridized carbons (Fsp3) is 0.222. The predicted octanol–water partition coefficient (Wildman–Crippen LogP) is 2.36. The van der Waals surface area contributed by atoms with Gasteiger partial charge in [-0.3, -0.25) is 9.59 Å². The van der Waals surface area contributed by atoms with E-state index in [0.717, 1.165) is 16.1 Å². The van der Waals surface area contributed by atoms with Crippen LogP contribution in [0.4, 0.5) is 5.82 Å². The first kappa shape index (κ1) is 15.7. The molecule has 0 spiro atoms. The lowest BCUT2D eigenvalue weighted by atomic mass is 10.0. The average Bonchev–Trinajstić information content (AvgIpc) is 3.08. The minimum atomic E-state index is -0.0117. The van der Waals surface area contributed by atoms with Gasteiger partial charge in [0.05, 0.1) is 0 Å². The second-order valence-corrected chi connectivity index (χ2v) is 6.95. The normalized spacial score (nSPS) is 16.4. The highest BCUT2D eigenvalue weighted by atomic mass is 32.1. The standard InChI is InChI=1S/C18H16N4O2S/c23-15-3-2-14-7-12(9-20-18(14)21-15)1-4-17(24)22-10-13(11-22)8-16-19-5-6-25-16/h1,4-9H,2-3,10-11H2,(H,20,21,23). The Labute approximate surface area is 148 Å². The van der Waals surface area contributed by atoms with Gasteiger partial charge in [0.25, 0.3) is 0 Å². The Morgan fingerprint density at radius 3 is 2.96 bits per heavy atom. The van der Waals surface area contributed by atoms with Crippen LogP contribution in [0.2, 0.25) is 0 Å². The third-order valence-corrected chi connectivity index (χ3v) is 4.89. The lowest BCUT2D eigenvalue weighted by molar-refractivity contribution is -0.127. The van der Waals surface area contributed by atoms with Crippen molar-refractivity contribution in [3.05, 3.63) is 51.6 Å². The number of aromatic nitrogens is 2. The van der Waals surface area contributed by atoms with Gasteiger partial charge in [-0.05, 0) is 41.3 Å². The summed E-state index contributed by atoms with van der Waals surface area (Å²) >= 11 is 1.59. The van der Waals surface area contributed by atoms with Gasteiger partial charge in [-0.15, -0.1) is 11.3 Å². The number of rotatable bonds is 3. The number of likely N-dealkylation sites (tertiary alicyclic amines) is 1. The molecule has 126 valence electrons. The number of carbonyl (C=O) groups is 2. The van der Waals surface area contributed by atoms with Gasteiger partial charge in [-0.2, -0.15) is 0 Å². The van der Waals surface area contributed by atoms with Crippen molar-refractivity contribution in [2.24, 2.45) is 0 Å². The largest absolute Gasteiger partial charge is 0.331 e. The molecule has 2 aliphatic rings. The molecule has 1 saturated heterocycles. The van der Waals surface area contributed by atoms with E-state index in [4.69, 9.17) is 0 Å². The predicted molar refractivity (Wildman–Crippen MR) is 96.9 cm³/mol. The zero-order chi connectivity index (χ0) is 17.2. The summed E-state index contributed by atoms with van der Waals surface area (Å²) in [5, 5.41) is 5.67. The van der Waals surface area contributed by atoms with Crippen LogP contribution in [0.5, 0.6) is 0 Å². The first-order chi connectivity index (χ1) is 12.2. The lowest BCUT2D eigenvalue weighted by Crippen LogP contribution is -2.43.